The van der Waals surface area contributed by atoms with E-state index in [1.807, 2.05) is 48.5 Å². The van der Waals surface area contributed by atoms with Crippen LogP contribution in [0, 0.1) is 10.1 Å². The van der Waals surface area contributed by atoms with Gasteiger partial charge in [0.25, 0.3) is 5.69 Å². The summed E-state index contributed by atoms with van der Waals surface area (Å²) in [7, 11) is 1.26. The minimum Gasteiger partial charge on any atom is -0.490 e. The molecule has 0 N–H and O–H groups in total. The Labute approximate surface area is 280 Å². The van der Waals surface area contributed by atoms with Crippen molar-refractivity contribution < 1.29 is 28.7 Å². The van der Waals surface area contributed by atoms with Crippen molar-refractivity contribution in [2.75, 3.05) is 7.11 Å². The minimum atomic E-state index is -0.812. The van der Waals surface area contributed by atoms with Crippen molar-refractivity contribution in [3.05, 3.63) is 142 Å². The number of hydrogen-bond acceptors (Lipinski definition) is 11. The fourth-order valence-electron chi connectivity index (χ4n) is 4.12. The van der Waals surface area contributed by atoms with Crippen LogP contribution in [-0.4, -0.2) is 36.4 Å². The van der Waals surface area contributed by atoms with Gasteiger partial charge < -0.3 is 14.2 Å². The summed E-state index contributed by atoms with van der Waals surface area (Å²) in [6, 6.07) is 29.4. The van der Waals surface area contributed by atoms with Crippen LogP contribution in [0.15, 0.2) is 129 Å². The van der Waals surface area contributed by atoms with Gasteiger partial charge in [0.15, 0.2) is 11.5 Å². The number of carbonyl (C=O) groups is 2. The summed E-state index contributed by atoms with van der Waals surface area (Å²) in [5.41, 5.74) is 2.76. The van der Waals surface area contributed by atoms with Crippen molar-refractivity contribution in [2.45, 2.75) is 9.79 Å². The van der Waals surface area contributed by atoms with E-state index in [1.165, 1.54) is 31.4 Å². The number of hydrogen-bond donors (Lipinski definition) is 2. The molecule has 0 saturated carbocycles. The van der Waals surface area contributed by atoms with Crippen LogP contribution in [0.3, 0.4) is 0 Å². The van der Waals surface area contributed by atoms with E-state index in [4.69, 9.17) is 14.2 Å². The molecule has 5 aromatic carbocycles. The van der Waals surface area contributed by atoms with E-state index < -0.39 is 22.5 Å². The van der Waals surface area contributed by atoms with E-state index >= 15 is 0 Å². The molecule has 10 nitrogen and oxygen atoms in total. The molecule has 0 aliphatic rings. The lowest BCUT2D eigenvalue weighted by Gasteiger charge is -2.14. The summed E-state index contributed by atoms with van der Waals surface area (Å²) < 4.78 is 16.3. The van der Waals surface area contributed by atoms with Crippen molar-refractivity contribution >= 4 is 66.7 Å². The SMILES string of the molecule is COc1c(OC(=O)c2ccc(C=Nc3ccc(S)cc3)cc2)cc([N+](=O)[O-])cc1OC(=O)c1ccc(C=Nc2ccc(S)cc2)cc1. The minimum absolute atomic E-state index is 0.163. The van der Waals surface area contributed by atoms with Gasteiger partial charge in [0.05, 0.1) is 46.7 Å². The van der Waals surface area contributed by atoms with E-state index in [1.54, 1.807) is 36.7 Å². The maximum atomic E-state index is 13.0. The van der Waals surface area contributed by atoms with E-state index in [2.05, 4.69) is 35.2 Å². The van der Waals surface area contributed by atoms with Crippen LogP contribution in [-0.2, 0) is 0 Å². The molecule has 0 amide bonds. The molecule has 0 spiro atoms. The zero-order valence-electron chi connectivity index (χ0n) is 24.6. The number of thiol groups is 2. The Morgan fingerprint density at radius 3 is 1.38 bits per heavy atom. The standard InChI is InChI=1S/C35H25N3O7S2/c1-43-33-31(44-34(39)24-6-2-22(3-7-24)20-36-26-10-14-29(46)15-11-26)18-28(38(41)42)19-32(33)45-35(40)25-8-4-23(5-9-25)21-37-27-12-16-30(47)17-13-27/h2-21,46-47H,1H3. The number of esters is 2. The smallest absolute Gasteiger partial charge is 0.343 e. The van der Waals surface area contributed by atoms with Crippen LogP contribution in [0.4, 0.5) is 17.1 Å². The summed E-state index contributed by atoms with van der Waals surface area (Å²) in [6.07, 6.45) is 3.27. The molecule has 12 heteroatoms. The largest absolute Gasteiger partial charge is 0.490 e. The number of benzene rings is 5. The number of carbonyl (C=O) groups excluding carboxylic acids is 2. The summed E-state index contributed by atoms with van der Waals surface area (Å²) in [6.45, 7) is 0. The van der Waals surface area contributed by atoms with Crippen LogP contribution in [0.25, 0.3) is 0 Å². The van der Waals surface area contributed by atoms with E-state index in [0.717, 1.165) is 44.4 Å². The molecular formula is C35H25N3O7S2. The molecule has 0 aromatic heterocycles. The molecule has 0 atom stereocenters. The molecule has 0 heterocycles. The number of nitro groups is 1. The Morgan fingerprint density at radius 1 is 0.660 bits per heavy atom. The van der Waals surface area contributed by atoms with Gasteiger partial charge in [-0.3, -0.25) is 20.1 Å². The monoisotopic (exact) mass is 663 g/mol. The first kappa shape index (κ1) is 32.7. The van der Waals surface area contributed by atoms with E-state index in [0.29, 0.717) is 0 Å². The Kier molecular flexibility index (Phi) is 10.5. The quantitative estimate of drug-likeness (QED) is 0.0386. The fourth-order valence-corrected chi connectivity index (χ4v) is 4.42. The van der Waals surface area contributed by atoms with Crippen LogP contribution < -0.4 is 14.2 Å². The van der Waals surface area contributed by atoms with Gasteiger partial charge in [0.2, 0.25) is 5.75 Å². The number of methoxy groups -OCH3 is 1. The third-order valence-corrected chi connectivity index (χ3v) is 7.14. The van der Waals surface area contributed by atoms with Gasteiger partial charge in [-0.25, -0.2) is 9.59 Å². The zero-order valence-corrected chi connectivity index (χ0v) is 26.4. The molecule has 0 aliphatic carbocycles. The first-order valence-electron chi connectivity index (χ1n) is 13.9. The topological polar surface area (TPSA) is 130 Å². The number of aliphatic imine (C=N–C) groups is 2. The third kappa shape index (κ3) is 8.72. The Balaban J connectivity index is 1.31. The summed E-state index contributed by atoms with van der Waals surface area (Å²) in [5, 5.41) is 11.7. The number of non-ortho nitro benzene ring substituents is 1. The zero-order chi connectivity index (χ0) is 33.3. The lowest BCUT2D eigenvalue weighted by molar-refractivity contribution is -0.385. The molecule has 234 valence electrons. The second kappa shape index (κ2) is 15.0. The average molecular weight is 664 g/mol. The highest BCUT2D eigenvalue weighted by Gasteiger charge is 2.24. The summed E-state index contributed by atoms with van der Waals surface area (Å²) >= 11 is 8.51. The molecule has 0 bridgehead atoms. The number of ether oxygens (including phenoxy) is 3. The molecule has 47 heavy (non-hydrogen) atoms. The van der Waals surface area contributed by atoms with Crippen molar-refractivity contribution in [3.8, 4) is 17.2 Å². The maximum absolute atomic E-state index is 13.0. The highest BCUT2D eigenvalue weighted by Crippen LogP contribution is 2.41. The van der Waals surface area contributed by atoms with E-state index in [9.17, 15) is 19.7 Å². The van der Waals surface area contributed by atoms with Gasteiger partial charge >= 0.3 is 11.9 Å². The van der Waals surface area contributed by atoms with Crippen molar-refractivity contribution in [3.63, 3.8) is 0 Å². The second-order valence-corrected chi connectivity index (χ2v) is 10.8. The summed E-state index contributed by atoms with van der Waals surface area (Å²) in [5.74, 6) is -2.40. The van der Waals surface area contributed by atoms with Crippen LogP contribution >= 0.6 is 25.3 Å². The normalized spacial score (nSPS) is 11.0. The first-order valence-corrected chi connectivity index (χ1v) is 14.7. The number of nitrogens with zero attached hydrogens (tertiary/aromatic N) is 3. The van der Waals surface area contributed by atoms with Crippen molar-refractivity contribution in [1.29, 1.82) is 0 Å². The highest BCUT2D eigenvalue weighted by atomic mass is 32.1. The van der Waals surface area contributed by atoms with Gasteiger partial charge in [0, 0.05) is 22.2 Å². The predicted octanol–water partition coefficient (Wildman–Crippen LogP) is 8.12. The molecule has 5 aromatic rings. The van der Waals surface area contributed by atoms with Crippen LogP contribution in [0.2, 0.25) is 0 Å². The highest BCUT2D eigenvalue weighted by molar-refractivity contribution is 7.80. The van der Waals surface area contributed by atoms with Crippen LogP contribution in [0.1, 0.15) is 31.8 Å². The summed E-state index contributed by atoms with van der Waals surface area (Å²) in [4.78, 5) is 47.5. The molecule has 0 radical (unpaired) electrons. The van der Waals surface area contributed by atoms with Gasteiger partial charge in [-0.15, -0.1) is 25.3 Å². The van der Waals surface area contributed by atoms with E-state index in [-0.39, 0.29) is 28.4 Å². The number of nitro benzene ring substituents is 1. The van der Waals surface area contributed by atoms with Crippen molar-refractivity contribution in [2.24, 2.45) is 9.98 Å². The van der Waals surface area contributed by atoms with Gasteiger partial charge in [-0.1, -0.05) is 24.3 Å². The fraction of sp³-hybridized carbons (Fsp3) is 0.0286. The molecule has 0 aliphatic heterocycles. The van der Waals surface area contributed by atoms with Crippen LogP contribution in [0.5, 0.6) is 17.2 Å². The Morgan fingerprint density at radius 2 is 1.04 bits per heavy atom. The molecule has 0 unspecified atom stereocenters. The molecular weight excluding hydrogens is 639 g/mol. The molecule has 0 fully saturated rings. The molecule has 0 saturated heterocycles. The van der Waals surface area contributed by atoms with Crippen molar-refractivity contribution in [1.82, 2.24) is 0 Å². The predicted molar refractivity (Wildman–Crippen MR) is 184 cm³/mol. The molecule has 5 rings (SSSR count). The number of rotatable bonds is 10. The second-order valence-electron chi connectivity index (χ2n) is 9.80. The first-order chi connectivity index (χ1) is 22.7. The lowest BCUT2D eigenvalue weighted by Crippen LogP contribution is -2.12. The van der Waals surface area contributed by atoms with Gasteiger partial charge in [-0.05, 0) is 83.9 Å². The lowest BCUT2D eigenvalue weighted by atomic mass is 10.1. The third-order valence-electron chi connectivity index (χ3n) is 6.54. The van der Waals surface area contributed by atoms with Gasteiger partial charge in [0.1, 0.15) is 0 Å². The maximum Gasteiger partial charge on any atom is 0.343 e. The Bertz CT molecular complexity index is 1840. The van der Waals surface area contributed by atoms with Gasteiger partial charge in [-0.2, -0.15) is 0 Å². The Hall–Kier alpha value is -5.72. The average Bonchev–Trinajstić information content (AvgIpc) is 3.08.